The highest BCUT2D eigenvalue weighted by atomic mass is 32.1. The zero-order valence-electron chi connectivity index (χ0n) is 11.9. The Labute approximate surface area is 113 Å². The Bertz CT molecular complexity index is 556. The fraction of sp³-hybridized carbons (Fsp3) is 0.533. The Kier molecular flexibility index (Phi) is 3.24. The van der Waals surface area contributed by atoms with Crippen LogP contribution in [-0.2, 0) is 11.8 Å². The van der Waals surface area contributed by atoms with E-state index in [1.165, 1.54) is 15.3 Å². The number of benzene rings is 1. The Hall–Kier alpha value is -0.930. The zero-order chi connectivity index (χ0) is 13.6. The highest BCUT2D eigenvalue weighted by molar-refractivity contribution is 7.18. The van der Waals surface area contributed by atoms with Crippen molar-refractivity contribution in [2.75, 3.05) is 0 Å². The molecule has 0 amide bonds. The fourth-order valence-corrected chi connectivity index (χ4v) is 2.93. The van der Waals surface area contributed by atoms with Crippen molar-refractivity contribution in [3.8, 4) is 0 Å². The fourth-order valence-electron chi connectivity index (χ4n) is 1.93. The number of fused-ring (bicyclic) bond motifs is 1. The van der Waals surface area contributed by atoms with Gasteiger partial charge in [-0.25, -0.2) is 4.98 Å². The van der Waals surface area contributed by atoms with Crippen LogP contribution in [0.3, 0.4) is 0 Å². The molecule has 0 spiro atoms. The van der Waals surface area contributed by atoms with Crippen LogP contribution < -0.4 is 5.73 Å². The molecule has 0 saturated heterocycles. The SMILES string of the molecule is CC(C)(N)Cc1ccc2sc(C(C)(C)C)nc2c1. The Morgan fingerprint density at radius 3 is 2.39 bits per heavy atom. The van der Waals surface area contributed by atoms with Gasteiger partial charge in [-0.1, -0.05) is 26.8 Å². The van der Waals surface area contributed by atoms with Gasteiger partial charge in [-0.3, -0.25) is 0 Å². The van der Waals surface area contributed by atoms with Gasteiger partial charge in [0.2, 0.25) is 0 Å². The lowest BCUT2D eigenvalue weighted by molar-refractivity contribution is 0.517. The van der Waals surface area contributed by atoms with Crippen molar-refractivity contribution in [3.05, 3.63) is 28.8 Å². The molecule has 0 aliphatic heterocycles. The van der Waals surface area contributed by atoms with E-state index in [-0.39, 0.29) is 11.0 Å². The molecule has 0 aliphatic rings. The van der Waals surface area contributed by atoms with Gasteiger partial charge in [0.05, 0.1) is 15.2 Å². The molecule has 0 saturated carbocycles. The van der Waals surface area contributed by atoms with Crippen LogP contribution in [0.15, 0.2) is 18.2 Å². The molecule has 0 unspecified atom stereocenters. The van der Waals surface area contributed by atoms with Gasteiger partial charge in [0.15, 0.2) is 0 Å². The molecule has 2 N–H and O–H groups in total. The number of aromatic nitrogens is 1. The monoisotopic (exact) mass is 262 g/mol. The van der Waals surface area contributed by atoms with E-state index in [0.29, 0.717) is 0 Å². The standard InChI is InChI=1S/C15H22N2S/c1-14(2,3)13-17-11-8-10(9-15(4,5)16)6-7-12(11)18-13/h6-8H,9,16H2,1-5H3. The van der Waals surface area contributed by atoms with E-state index < -0.39 is 0 Å². The predicted molar refractivity (Wildman–Crippen MR) is 80.3 cm³/mol. The maximum atomic E-state index is 6.07. The quantitative estimate of drug-likeness (QED) is 0.892. The first-order valence-electron chi connectivity index (χ1n) is 6.34. The predicted octanol–water partition coefficient (Wildman–Crippen LogP) is 3.87. The third-order valence-electron chi connectivity index (χ3n) is 2.75. The first-order valence-corrected chi connectivity index (χ1v) is 7.16. The summed E-state index contributed by atoms with van der Waals surface area (Å²) < 4.78 is 1.26. The summed E-state index contributed by atoms with van der Waals surface area (Å²) in [5.74, 6) is 0. The molecule has 98 valence electrons. The lowest BCUT2D eigenvalue weighted by atomic mass is 9.96. The molecule has 18 heavy (non-hydrogen) atoms. The van der Waals surface area contributed by atoms with Crippen LogP contribution >= 0.6 is 11.3 Å². The summed E-state index contributed by atoms with van der Waals surface area (Å²) in [5, 5.41) is 1.20. The maximum absolute atomic E-state index is 6.07. The minimum absolute atomic E-state index is 0.122. The van der Waals surface area contributed by atoms with Crippen LogP contribution in [0.2, 0.25) is 0 Å². The summed E-state index contributed by atoms with van der Waals surface area (Å²) in [6.07, 6.45) is 0.880. The van der Waals surface area contributed by atoms with E-state index in [9.17, 15) is 0 Å². The largest absolute Gasteiger partial charge is 0.325 e. The van der Waals surface area contributed by atoms with Gasteiger partial charge in [-0.05, 0) is 38.0 Å². The van der Waals surface area contributed by atoms with E-state index in [1.807, 2.05) is 0 Å². The lowest BCUT2D eigenvalue weighted by Gasteiger charge is -2.18. The second kappa shape index (κ2) is 4.32. The van der Waals surface area contributed by atoms with Crippen molar-refractivity contribution in [2.24, 2.45) is 5.73 Å². The minimum Gasteiger partial charge on any atom is -0.325 e. The molecule has 0 radical (unpaired) electrons. The summed E-state index contributed by atoms with van der Waals surface area (Å²) in [4.78, 5) is 4.75. The van der Waals surface area contributed by atoms with Crippen LogP contribution in [0, 0.1) is 0 Å². The normalized spacial score (nSPS) is 13.2. The van der Waals surface area contributed by atoms with Gasteiger partial charge >= 0.3 is 0 Å². The van der Waals surface area contributed by atoms with Crippen LogP contribution in [0.25, 0.3) is 10.2 Å². The van der Waals surface area contributed by atoms with E-state index in [4.69, 9.17) is 10.7 Å². The highest BCUT2D eigenvalue weighted by Gasteiger charge is 2.19. The first-order chi connectivity index (χ1) is 8.15. The van der Waals surface area contributed by atoms with E-state index in [2.05, 4.69) is 52.8 Å². The van der Waals surface area contributed by atoms with Gasteiger partial charge < -0.3 is 5.73 Å². The topological polar surface area (TPSA) is 38.9 Å². The molecule has 1 aromatic heterocycles. The molecule has 2 nitrogen and oxygen atoms in total. The molecule has 3 heteroatoms. The van der Waals surface area contributed by atoms with Gasteiger partial charge in [0.1, 0.15) is 0 Å². The maximum Gasteiger partial charge on any atom is 0.0992 e. The van der Waals surface area contributed by atoms with Crippen LogP contribution in [0.5, 0.6) is 0 Å². The number of nitrogens with two attached hydrogens (primary N) is 1. The average molecular weight is 262 g/mol. The smallest absolute Gasteiger partial charge is 0.0992 e. The van der Waals surface area contributed by atoms with Crippen molar-refractivity contribution in [1.29, 1.82) is 0 Å². The van der Waals surface area contributed by atoms with Crippen LogP contribution in [0.4, 0.5) is 0 Å². The second-order valence-electron chi connectivity index (χ2n) is 6.74. The summed E-state index contributed by atoms with van der Waals surface area (Å²) in [6.45, 7) is 10.7. The first kappa shape index (κ1) is 13.5. The van der Waals surface area contributed by atoms with Gasteiger partial charge in [-0.2, -0.15) is 0 Å². The summed E-state index contributed by atoms with van der Waals surface area (Å²) >= 11 is 1.79. The number of hydrogen-bond acceptors (Lipinski definition) is 3. The van der Waals surface area contributed by atoms with Gasteiger partial charge in [-0.15, -0.1) is 11.3 Å². The molecule has 2 rings (SSSR count). The van der Waals surface area contributed by atoms with E-state index in [1.54, 1.807) is 11.3 Å². The van der Waals surface area contributed by atoms with Crippen molar-refractivity contribution in [1.82, 2.24) is 4.98 Å². The molecular formula is C15H22N2S. The molecule has 0 atom stereocenters. The average Bonchev–Trinajstić information content (AvgIpc) is 2.57. The van der Waals surface area contributed by atoms with E-state index in [0.717, 1.165) is 11.9 Å². The highest BCUT2D eigenvalue weighted by Crippen LogP contribution is 2.31. The van der Waals surface area contributed by atoms with Gasteiger partial charge in [0, 0.05) is 11.0 Å². The van der Waals surface area contributed by atoms with Crippen LogP contribution in [0.1, 0.15) is 45.2 Å². The van der Waals surface area contributed by atoms with Crippen molar-refractivity contribution in [2.45, 2.75) is 52.0 Å². The Morgan fingerprint density at radius 2 is 1.83 bits per heavy atom. The number of rotatable bonds is 2. The number of thiazole rings is 1. The lowest BCUT2D eigenvalue weighted by Crippen LogP contribution is -2.34. The molecule has 0 aliphatic carbocycles. The summed E-state index contributed by atoms with van der Waals surface area (Å²) in [6, 6.07) is 6.51. The third kappa shape index (κ3) is 3.09. The molecule has 1 aromatic carbocycles. The van der Waals surface area contributed by atoms with Crippen molar-refractivity contribution < 1.29 is 0 Å². The molecule has 2 aromatic rings. The summed E-state index contributed by atoms with van der Waals surface area (Å²) in [5.41, 5.74) is 8.39. The van der Waals surface area contributed by atoms with Crippen molar-refractivity contribution in [3.63, 3.8) is 0 Å². The molecule has 1 heterocycles. The minimum atomic E-state index is -0.170. The Balaban J connectivity index is 2.40. The Morgan fingerprint density at radius 1 is 1.17 bits per heavy atom. The molecule has 0 fully saturated rings. The van der Waals surface area contributed by atoms with Crippen molar-refractivity contribution >= 4 is 21.6 Å². The van der Waals surface area contributed by atoms with E-state index >= 15 is 0 Å². The van der Waals surface area contributed by atoms with Crippen LogP contribution in [-0.4, -0.2) is 10.5 Å². The zero-order valence-corrected chi connectivity index (χ0v) is 12.7. The molecule has 0 bridgehead atoms. The number of nitrogens with zero attached hydrogens (tertiary/aromatic N) is 1. The third-order valence-corrected chi connectivity index (χ3v) is 4.22. The number of hydrogen-bond donors (Lipinski definition) is 1. The second-order valence-corrected chi connectivity index (χ2v) is 7.77. The molecular weight excluding hydrogens is 240 g/mol. The summed E-state index contributed by atoms with van der Waals surface area (Å²) in [7, 11) is 0. The van der Waals surface area contributed by atoms with Gasteiger partial charge in [0.25, 0.3) is 0 Å².